The molecule has 3 aromatic rings. The van der Waals surface area contributed by atoms with Gasteiger partial charge in [-0.15, -0.1) is 0 Å². The van der Waals surface area contributed by atoms with Crippen LogP contribution in [0.4, 0.5) is 5.69 Å². The molecule has 0 atom stereocenters. The number of anilines is 1. The van der Waals surface area contributed by atoms with Crippen molar-refractivity contribution in [1.29, 1.82) is 0 Å². The van der Waals surface area contributed by atoms with Crippen LogP contribution in [0.2, 0.25) is 0 Å². The van der Waals surface area contributed by atoms with E-state index in [4.69, 9.17) is 0 Å². The molecular formula is C23H21NO. The van der Waals surface area contributed by atoms with Crippen molar-refractivity contribution < 1.29 is 4.79 Å². The second-order valence-electron chi connectivity index (χ2n) is 6.18. The Morgan fingerprint density at radius 3 is 2.48 bits per heavy atom. The number of nitrogens with one attached hydrogen (secondary N) is 1. The Labute approximate surface area is 148 Å². The molecule has 2 heteroatoms. The fourth-order valence-corrected chi connectivity index (χ4v) is 2.93. The first-order valence-electron chi connectivity index (χ1n) is 8.22. The van der Waals surface area contributed by atoms with Gasteiger partial charge in [-0.25, -0.2) is 0 Å². The molecule has 124 valence electrons. The van der Waals surface area contributed by atoms with E-state index in [1.807, 2.05) is 43.3 Å². The summed E-state index contributed by atoms with van der Waals surface area (Å²) in [5.74, 6) is 0.0365. The zero-order valence-electron chi connectivity index (χ0n) is 14.6. The number of carbonyl (C=O) groups is 1. The highest BCUT2D eigenvalue weighted by Crippen LogP contribution is 2.27. The van der Waals surface area contributed by atoms with E-state index in [0.717, 1.165) is 38.8 Å². The van der Waals surface area contributed by atoms with E-state index in [9.17, 15) is 4.79 Å². The van der Waals surface area contributed by atoms with Crippen molar-refractivity contribution in [2.24, 2.45) is 0 Å². The standard InChI is InChI=1S/C23H21NO/c1-5-18-9-10-21-14-19(11-12-20(21)13-18)16(3)24-23-15(2)7-6-8-22(23)17(4)25/h5-14,24H,1,3H2,2,4H3. The number of Topliss-reactive ketones (excluding diaryl/α,β-unsaturated/α-hetero) is 1. The maximum Gasteiger partial charge on any atom is 0.161 e. The molecule has 0 fully saturated rings. The van der Waals surface area contributed by atoms with Gasteiger partial charge >= 0.3 is 0 Å². The van der Waals surface area contributed by atoms with Gasteiger partial charge in [0.25, 0.3) is 0 Å². The Morgan fingerprint density at radius 2 is 1.76 bits per heavy atom. The average molecular weight is 327 g/mol. The molecule has 0 aromatic heterocycles. The lowest BCUT2D eigenvalue weighted by molar-refractivity contribution is 0.101. The third-order valence-electron chi connectivity index (χ3n) is 4.38. The van der Waals surface area contributed by atoms with Gasteiger partial charge in [0.05, 0.1) is 5.69 Å². The fourth-order valence-electron chi connectivity index (χ4n) is 2.93. The molecule has 0 bridgehead atoms. The highest BCUT2D eigenvalue weighted by Gasteiger charge is 2.11. The molecule has 0 heterocycles. The summed E-state index contributed by atoms with van der Waals surface area (Å²) in [6.07, 6.45) is 1.84. The Bertz CT molecular complexity index is 998. The van der Waals surface area contributed by atoms with Crippen LogP contribution in [0.15, 0.2) is 67.8 Å². The van der Waals surface area contributed by atoms with Crippen molar-refractivity contribution in [2.45, 2.75) is 13.8 Å². The van der Waals surface area contributed by atoms with Gasteiger partial charge in [0.2, 0.25) is 0 Å². The lowest BCUT2D eigenvalue weighted by Gasteiger charge is -2.16. The third-order valence-corrected chi connectivity index (χ3v) is 4.38. The Kier molecular flexibility index (Phi) is 4.53. The lowest BCUT2D eigenvalue weighted by Crippen LogP contribution is -2.05. The number of carbonyl (C=O) groups excluding carboxylic acids is 1. The van der Waals surface area contributed by atoms with Crippen molar-refractivity contribution >= 4 is 34.0 Å². The number of fused-ring (bicyclic) bond motifs is 1. The van der Waals surface area contributed by atoms with Crippen LogP contribution in [0, 0.1) is 6.92 Å². The van der Waals surface area contributed by atoms with E-state index >= 15 is 0 Å². The van der Waals surface area contributed by atoms with Crippen LogP contribution < -0.4 is 5.32 Å². The van der Waals surface area contributed by atoms with Crippen LogP contribution in [0.3, 0.4) is 0 Å². The van der Waals surface area contributed by atoms with E-state index < -0.39 is 0 Å². The Morgan fingerprint density at radius 1 is 1.04 bits per heavy atom. The summed E-state index contributed by atoms with van der Waals surface area (Å²) < 4.78 is 0. The van der Waals surface area contributed by atoms with Gasteiger partial charge in [0.1, 0.15) is 0 Å². The quantitative estimate of drug-likeness (QED) is 0.576. The van der Waals surface area contributed by atoms with Gasteiger partial charge < -0.3 is 5.32 Å². The number of aryl methyl sites for hydroxylation is 1. The zero-order chi connectivity index (χ0) is 18.0. The summed E-state index contributed by atoms with van der Waals surface area (Å²) in [5, 5.41) is 5.63. The molecule has 0 amide bonds. The van der Waals surface area contributed by atoms with Crippen molar-refractivity contribution in [3.8, 4) is 0 Å². The molecule has 1 N–H and O–H groups in total. The molecule has 3 aromatic carbocycles. The number of ketones is 1. The number of para-hydroxylation sites is 1. The SMILES string of the molecule is C=Cc1ccc2cc(C(=C)Nc3c(C)cccc3C(C)=O)ccc2c1. The molecule has 2 nitrogen and oxygen atoms in total. The smallest absolute Gasteiger partial charge is 0.161 e. The average Bonchev–Trinajstić information content (AvgIpc) is 2.62. The topological polar surface area (TPSA) is 29.1 Å². The van der Waals surface area contributed by atoms with Crippen LogP contribution in [-0.2, 0) is 0 Å². The van der Waals surface area contributed by atoms with E-state index in [0.29, 0.717) is 5.56 Å². The van der Waals surface area contributed by atoms with Crippen LogP contribution >= 0.6 is 0 Å². The summed E-state index contributed by atoms with van der Waals surface area (Å²) in [5.41, 5.74) is 5.39. The molecular weight excluding hydrogens is 306 g/mol. The van der Waals surface area contributed by atoms with Crippen molar-refractivity contribution in [3.63, 3.8) is 0 Å². The largest absolute Gasteiger partial charge is 0.355 e. The first kappa shape index (κ1) is 16.7. The van der Waals surface area contributed by atoms with E-state index in [-0.39, 0.29) is 5.78 Å². The molecule has 25 heavy (non-hydrogen) atoms. The second kappa shape index (κ2) is 6.78. The predicted octanol–water partition coefficient (Wildman–Crippen LogP) is 6.08. The minimum Gasteiger partial charge on any atom is -0.355 e. The summed E-state index contributed by atoms with van der Waals surface area (Å²) in [4.78, 5) is 11.9. The maximum atomic E-state index is 11.9. The summed E-state index contributed by atoms with van der Waals surface area (Å²) in [6, 6.07) is 18.2. The third kappa shape index (κ3) is 3.38. The molecule has 3 rings (SSSR count). The molecule has 0 saturated heterocycles. The van der Waals surface area contributed by atoms with Crippen molar-refractivity contribution in [2.75, 3.05) is 5.32 Å². The van der Waals surface area contributed by atoms with Crippen LogP contribution in [0.25, 0.3) is 22.5 Å². The van der Waals surface area contributed by atoms with Crippen LogP contribution in [-0.4, -0.2) is 5.78 Å². The van der Waals surface area contributed by atoms with Crippen LogP contribution in [0.1, 0.15) is 34.0 Å². The molecule has 0 radical (unpaired) electrons. The number of hydrogen-bond acceptors (Lipinski definition) is 2. The minimum absolute atomic E-state index is 0.0365. The fraction of sp³-hybridized carbons (Fsp3) is 0.0870. The zero-order valence-corrected chi connectivity index (χ0v) is 14.6. The predicted molar refractivity (Wildman–Crippen MR) is 108 cm³/mol. The lowest BCUT2D eigenvalue weighted by atomic mass is 10.0. The molecule has 0 saturated carbocycles. The van der Waals surface area contributed by atoms with Gasteiger partial charge in [0, 0.05) is 11.3 Å². The van der Waals surface area contributed by atoms with Gasteiger partial charge in [-0.1, -0.05) is 55.6 Å². The van der Waals surface area contributed by atoms with Gasteiger partial charge in [-0.05, 0) is 59.5 Å². The van der Waals surface area contributed by atoms with Crippen LogP contribution in [0.5, 0.6) is 0 Å². The first-order valence-corrected chi connectivity index (χ1v) is 8.22. The van der Waals surface area contributed by atoms with E-state index in [1.165, 1.54) is 0 Å². The Hall–Kier alpha value is -3.13. The number of benzene rings is 3. The molecule has 0 unspecified atom stereocenters. The minimum atomic E-state index is 0.0365. The summed E-state index contributed by atoms with van der Waals surface area (Å²) in [7, 11) is 0. The molecule has 0 aliphatic carbocycles. The van der Waals surface area contributed by atoms with E-state index in [2.05, 4.69) is 42.7 Å². The normalized spacial score (nSPS) is 10.5. The van der Waals surface area contributed by atoms with Crippen molar-refractivity contribution in [3.05, 3.63) is 90.0 Å². The van der Waals surface area contributed by atoms with Crippen molar-refractivity contribution in [1.82, 2.24) is 0 Å². The molecule has 0 aliphatic heterocycles. The number of rotatable bonds is 5. The molecule has 0 aliphatic rings. The highest BCUT2D eigenvalue weighted by molar-refractivity contribution is 6.02. The second-order valence-corrected chi connectivity index (χ2v) is 6.18. The number of hydrogen-bond donors (Lipinski definition) is 1. The Balaban J connectivity index is 1.96. The summed E-state index contributed by atoms with van der Waals surface area (Å²) >= 11 is 0. The van der Waals surface area contributed by atoms with Gasteiger partial charge in [0.15, 0.2) is 5.78 Å². The van der Waals surface area contributed by atoms with Gasteiger partial charge in [-0.3, -0.25) is 4.79 Å². The highest BCUT2D eigenvalue weighted by atomic mass is 16.1. The molecule has 0 spiro atoms. The van der Waals surface area contributed by atoms with E-state index in [1.54, 1.807) is 6.92 Å². The maximum absolute atomic E-state index is 11.9. The monoisotopic (exact) mass is 327 g/mol. The van der Waals surface area contributed by atoms with Gasteiger partial charge in [-0.2, -0.15) is 0 Å². The first-order chi connectivity index (χ1) is 12.0. The summed E-state index contributed by atoms with van der Waals surface area (Å²) in [6.45, 7) is 11.5.